The predicted molar refractivity (Wildman–Crippen MR) is 90.0 cm³/mol. The van der Waals surface area contributed by atoms with Gasteiger partial charge >= 0.3 is 0 Å². The lowest BCUT2D eigenvalue weighted by molar-refractivity contribution is 0.913. The van der Waals surface area contributed by atoms with Crippen molar-refractivity contribution in [1.29, 1.82) is 0 Å². The lowest BCUT2D eigenvalue weighted by atomic mass is 10.1. The average Bonchev–Trinajstić information content (AvgIpc) is 3.05. The molecule has 0 radical (unpaired) electrons. The van der Waals surface area contributed by atoms with Crippen molar-refractivity contribution in [1.82, 2.24) is 19.8 Å². The van der Waals surface area contributed by atoms with Crippen molar-refractivity contribution < 1.29 is 0 Å². The molecule has 0 bridgehead atoms. The Labute approximate surface area is 133 Å². The third kappa shape index (κ3) is 2.64. The number of rotatable bonds is 4. The van der Waals surface area contributed by atoms with Gasteiger partial charge in [-0.15, -0.1) is 10.2 Å². The van der Waals surface area contributed by atoms with E-state index in [1.54, 1.807) is 10.7 Å². The number of nitrogens with zero attached hydrogens (tertiary/aromatic N) is 4. The largest absolute Gasteiger partial charge is 0.349 e. The van der Waals surface area contributed by atoms with Gasteiger partial charge in [0.25, 0.3) is 0 Å². The fourth-order valence-electron chi connectivity index (χ4n) is 2.54. The molecule has 0 amide bonds. The second-order valence-corrected chi connectivity index (χ2v) is 5.21. The summed E-state index contributed by atoms with van der Waals surface area (Å²) in [4.78, 5) is 0. The molecule has 2 aromatic carbocycles. The number of fused-ring (bicyclic) bond motifs is 1. The Kier molecular flexibility index (Phi) is 3.44. The number of aromatic nitrogens is 4. The zero-order valence-electron chi connectivity index (χ0n) is 12.4. The second-order valence-electron chi connectivity index (χ2n) is 5.21. The lowest BCUT2D eigenvalue weighted by Crippen LogP contribution is -2.05. The molecule has 0 aliphatic rings. The molecule has 0 atom stereocenters. The van der Waals surface area contributed by atoms with Crippen molar-refractivity contribution in [3.63, 3.8) is 0 Å². The lowest BCUT2D eigenvalue weighted by Gasteiger charge is -2.05. The quantitative estimate of drug-likeness (QED) is 0.627. The average molecular weight is 301 g/mol. The third-order valence-electron chi connectivity index (χ3n) is 3.68. The molecule has 23 heavy (non-hydrogen) atoms. The highest BCUT2D eigenvalue weighted by molar-refractivity contribution is 5.77. The number of hydrogen-bond donors (Lipinski definition) is 1. The summed E-state index contributed by atoms with van der Waals surface area (Å²) in [6.07, 6.45) is 1.77. The molecule has 0 fully saturated rings. The molecule has 0 aliphatic heterocycles. The van der Waals surface area contributed by atoms with Crippen LogP contribution in [-0.2, 0) is 6.54 Å². The van der Waals surface area contributed by atoms with E-state index in [-0.39, 0.29) is 0 Å². The first-order chi connectivity index (χ1) is 11.4. The molecule has 1 N–H and O–H groups in total. The Balaban J connectivity index is 1.68. The number of anilines is 1. The van der Waals surface area contributed by atoms with E-state index in [4.69, 9.17) is 0 Å². The van der Waals surface area contributed by atoms with E-state index < -0.39 is 0 Å². The standard InChI is InChI=1S/C18H15N5/c1-3-7-14(8-4-1)13-19-18-22-21-17-16(11-12-20-23(17)18)15-9-5-2-6-10-15/h1-12H,13H2,(H,19,22). The van der Waals surface area contributed by atoms with E-state index >= 15 is 0 Å². The fourth-order valence-corrected chi connectivity index (χ4v) is 2.54. The first-order valence-corrected chi connectivity index (χ1v) is 7.45. The molecule has 4 rings (SSSR count). The van der Waals surface area contributed by atoms with Gasteiger partial charge in [0.2, 0.25) is 5.95 Å². The minimum atomic E-state index is 0.640. The Morgan fingerprint density at radius 1 is 0.826 bits per heavy atom. The van der Waals surface area contributed by atoms with E-state index in [1.807, 2.05) is 42.5 Å². The highest BCUT2D eigenvalue weighted by Gasteiger charge is 2.11. The van der Waals surface area contributed by atoms with Crippen LogP contribution in [0.25, 0.3) is 16.8 Å². The molecule has 4 aromatic rings. The maximum absolute atomic E-state index is 4.37. The van der Waals surface area contributed by atoms with Gasteiger partial charge in [0, 0.05) is 18.3 Å². The van der Waals surface area contributed by atoms with Gasteiger partial charge in [-0.1, -0.05) is 60.7 Å². The second kappa shape index (κ2) is 5.88. The summed E-state index contributed by atoms with van der Waals surface area (Å²) in [5, 5.41) is 16.2. The summed E-state index contributed by atoms with van der Waals surface area (Å²) in [7, 11) is 0. The molecule has 112 valence electrons. The van der Waals surface area contributed by atoms with Crippen LogP contribution in [0.3, 0.4) is 0 Å². The van der Waals surface area contributed by atoms with Gasteiger partial charge in [0.15, 0.2) is 5.65 Å². The van der Waals surface area contributed by atoms with E-state index in [0.29, 0.717) is 12.5 Å². The summed E-state index contributed by atoms with van der Waals surface area (Å²) >= 11 is 0. The van der Waals surface area contributed by atoms with Crippen molar-refractivity contribution in [2.24, 2.45) is 0 Å². The molecule has 0 aliphatic carbocycles. The minimum absolute atomic E-state index is 0.640. The van der Waals surface area contributed by atoms with Gasteiger partial charge in [-0.05, 0) is 17.2 Å². The first kappa shape index (κ1) is 13.5. The summed E-state index contributed by atoms with van der Waals surface area (Å²) in [5.41, 5.74) is 4.04. The van der Waals surface area contributed by atoms with Crippen LogP contribution in [0, 0.1) is 0 Å². The van der Waals surface area contributed by atoms with E-state index in [1.165, 1.54) is 5.56 Å². The van der Waals surface area contributed by atoms with Gasteiger partial charge in [-0.25, -0.2) is 0 Å². The fraction of sp³-hybridized carbons (Fsp3) is 0.0556. The molecular weight excluding hydrogens is 286 g/mol. The van der Waals surface area contributed by atoms with Gasteiger partial charge in [-0.2, -0.15) is 9.61 Å². The summed E-state index contributed by atoms with van der Waals surface area (Å²) in [6.45, 7) is 0.679. The third-order valence-corrected chi connectivity index (χ3v) is 3.68. The number of nitrogens with one attached hydrogen (secondary N) is 1. The first-order valence-electron chi connectivity index (χ1n) is 7.45. The topological polar surface area (TPSA) is 55.1 Å². The molecule has 2 aromatic heterocycles. The van der Waals surface area contributed by atoms with E-state index in [9.17, 15) is 0 Å². The number of benzene rings is 2. The molecule has 5 nitrogen and oxygen atoms in total. The Bertz CT molecular complexity index is 916. The normalized spacial score (nSPS) is 10.8. The van der Waals surface area contributed by atoms with E-state index in [2.05, 4.69) is 44.9 Å². The van der Waals surface area contributed by atoms with Crippen molar-refractivity contribution >= 4 is 11.6 Å². The molecule has 0 spiro atoms. The van der Waals surface area contributed by atoms with Crippen molar-refractivity contribution in [3.8, 4) is 11.1 Å². The Morgan fingerprint density at radius 3 is 2.35 bits per heavy atom. The minimum Gasteiger partial charge on any atom is -0.349 e. The van der Waals surface area contributed by atoms with Gasteiger partial charge in [0.1, 0.15) is 0 Å². The smallest absolute Gasteiger partial charge is 0.246 e. The van der Waals surface area contributed by atoms with E-state index in [0.717, 1.165) is 16.8 Å². The predicted octanol–water partition coefficient (Wildman–Crippen LogP) is 3.40. The monoisotopic (exact) mass is 301 g/mol. The van der Waals surface area contributed by atoms with Crippen LogP contribution in [0.2, 0.25) is 0 Å². The summed E-state index contributed by atoms with van der Waals surface area (Å²) in [6, 6.07) is 22.3. The van der Waals surface area contributed by atoms with Crippen molar-refractivity contribution in [3.05, 3.63) is 78.5 Å². The summed E-state index contributed by atoms with van der Waals surface area (Å²) in [5.74, 6) is 0.640. The van der Waals surface area contributed by atoms with Crippen LogP contribution in [-0.4, -0.2) is 19.8 Å². The van der Waals surface area contributed by atoms with Crippen LogP contribution in [0.5, 0.6) is 0 Å². The van der Waals surface area contributed by atoms with Gasteiger partial charge in [-0.3, -0.25) is 0 Å². The Morgan fingerprint density at radius 2 is 1.57 bits per heavy atom. The molecule has 0 unspecified atom stereocenters. The van der Waals surface area contributed by atoms with Crippen LogP contribution >= 0.6 is 0 Å². The molecule has 0 saturated carbocycles. The van der Waals surface area contributed by atoms with Crippen LogP contribution < -0.4 is 5.32 Å². The zero-order chi connectivity index (χ0) is 15.5. The SMILES string of the molecule is c1ccc(CNc2nnc3c(-c4ccccc4)ccnn23)cc1. The maximum atomic E-state index is 4.37. The molecule has 2 heterocycles. The maximum Gasteiger partial charge on any atom is 0.246 e. The van der Waals surface area contributed by atoms with Crippen LogP contribution in [0.1, 0.15) is 5.56 Å². The van der Waals surface area contributed by atoms with Crippen molar-refractivity contribution in [2.75, 3.05) is 5.32 Å². The van der Waals surface area contributed by atoms with Crippen LogP contribution in [0.15, 0.2) is 72.9 Å². The highest BCUT2D eigenvalue weighted by Crippen LogP contribution is 2.23. The molecular formula is C18H15N5. The molecule has 5 heteroatoms. The summed E-state index contributed by atoms with van der Waals surface area (Å²) < 4.78 is 1.74. The Hall–Kier alpha value is -3.21. The highest BCUT2D eigenvalue weighted by atomic mass is 15.4. The number of hydrogen-bond acceptors (Lipinski definition) is 4. The zero-order valence-corrected chi connectivity index (χ0v) is 12.4. The van der Waals surface area contributed by atoms with Gasteiger partial charge in [0.05, 0.1) is 0 Å². The molecule has 0 saturated heterocycles. The van der Waals surface area contributed by atoms with Crippen LogP contribution in [0.4, 0.5) is 5.95 Å². The van der Waals surface area contributed by atoms with Gasteiger partial charge < -0.3 is 5.32 Å². The van der Waals surface area contributed by atoms with Crippen molar-refractivity contribution in [2.45, 2.75) is 6.54 Å².